The van der Waals surface area contributed by atoms with E-state index in [1.165, 1.54) is 12.1 Å². The molecule has 3 aromatic rings. The van der Waals surface area contributed by atoms with Crippen LogP contribution in [0.15, 0.2) is 64.0 Å². The molecule has 0 saturated carbocycles. The highest BCUT2D eigenvalue weighted by molar-refractivity contribution is 7.89. The lowest BCUT2D eigenvalue weighted by molar-refractivity contribution is -0.110. The van der Waals surface area contributed by atoms with Crippen molar-refractivity contribution >= 4 is 16.3 Å². The highest BCUT2D eigenvalue weighted by Gasteiger charge is 2.22. The molecule has 0 amide bonds. The molecule has 0 saturated heterocycles. The Kier molecular flexibility index (Phi) is 5.76. The third kappa shape index (κ3) is 4.37. The Morgan fingerprint density at radius 1 is 1.00 bits per heavy atom. The maximum absolute atomic E-state index is 12.5. The molecular formula is C21H22N2O4S. The Hall–Kier alpha value is -2.77. The second-order valence-corrected chi connectivity index (χ2v) is 8.71. The van der Waals surface area contributed by atoms with E-state index < -0.39 is 16.1 Å². The van der Waals surface area contributed by atoms with Crippen LogP contribution >= 0.6 is 0 Å². The molecule has 1 atom stereocenters. The lowest BCUT2D eigenvalue weighted by Gasteiger charge is -2.16. The number of hydrogen-bond acceptors (Lipinski definition) is 5. The zero-order valence-corrected chi connectivity index (χ0v) is 16.7. The molecule has 3 rings (SSSR count). The number of aldehydes is 1. The van der Waals surface area contributed by atoms with Crippen molar-refractivity contribution in [1.29, 1.82) is 0 Å². The Morgan fingerprint density at radius 3 is 2.18 bits per heavy atom. The van der Waals surface area contributed by atoms with Gasteiger partial charge in [-0.1, -0.05) is 48.8 Å². The quantitative estimate of drug-likeness (QED) is 0.611. The van der Waals surface area contributed by atoms with Crippen molar-refractivity contribution < 1.29 is 17.7 Å². The van der Waals surface area contributed by atoms with Gasteiger partial charge in [0.05, 0.1) is 10.9 Å². The van der Waals surface area contributed by atoms with E-state index in [-0.39, 0.29) is 10.8 Å². The molecule has 28 heavy (non-hydrogen) atoms. The van der Waals surface area contributed by atoms with Crippen molar-refractivity contribution in [3.63, 3.8) is 0 Å². The highest BCUT2D eigenvalue weighted by atomic mass is 32.2. The van der Waals surface area contributed by atoms with Crippen LogP contribution in [0.25, 0.3) is 22.6 Å². The van der Waals surface area contributed by atoms with E-state index in [1.54, 1.807) is 26.0 Å². The summed E-state index contributed by atoms with van der Waals surface area (Å²) in [5.74, 6) is 0.404. The summed E-state index contributed by atoms with van der Waals surface area (Å²) in [7, 11) is -3.78. The molecule has 0 spiro atoms. The van der Waals surface area contributed by atoms with Crippen LogP contribution in [0.1, 0.15) is 19.4 Å². The SMILES string of the molecule is Cc1ccc(-c2cc(-c3ccc(S(=O)(=O)N[C@@H](C=O)C(C)C)cc3)on2)cc1. The van der Waals surface area contributed by atoms with Crippen molar-refractivity contribution in [1.82, 2.24) is 9.88 Å². The van der Waals surface area contributed by atoms with Gasteiger partial charge in [0.15, 0.2) is 5.76 Å². The average molecular weight is 398 g/mol. The van der Waals surface area contributed by atoms with Crippen molar-refractivity contribution in [2.75, 3.05) is 0 Å². The number of nitrogens with one attached hydrogen (secondary N) is 1. The van der Waals surface area contributed by atoms with Crippen LogP contribution in [0.3, 0.4) is 0 Å². The summed E-state index contributed by atoms with van der Waals surface area (Å²) >= 11 is 0. The molecule has 0 unspecified atom stereocenters. The number of carbonyl (C=O) groups excluding carboxylic acids is 1. The Morgan fingerprint density at radius 2 is 1.61 bits per heavy atom. The van der Waals surface area contributed by atoms with E-state index in [1.807, 2.05) is 37.3 Å². The average Bonchev–Trinajstić information content (AvgIpc) is 3.17. The van der Waals surface area contributed by atoms with E-state index >= 15 is 0 Å². The van der Waals surface area contributed by atoms with E-state index in [0.29, 0.717) is 23.3 Å². The summed E-state index contributed by atoms with van der Waals surface area (Å²) < 4.78 is 32.8. The van der Waals surface area contributed by atoms with Gasteiger partial charge < -0.3 is 9.32 Å². The van der Waals surface area contributed by atoms with Gasteiger partial charge in [-0.2, -0.15) is 0 Å². The number of carbonyl (C=O) groups is 1. The molecule has 0 aliphatic carbocycles. The Balaban J connectivity index is 1.81. The molecule has 1 heterocycles. The van der Waals surface area contributed by atoms with E-state index in [9.17, 15) is 13.2 Å². The predicted octanol–water partition coefficient (Wildman–Crippen LogP) is 3.82. The van der Waals surface area contributed by atoms with E-state index in [2.05, 4.69) is 9.88 Å². The van der Waals surface area contributed by atoms with Crippen LogP contribution in [-0.2, 0) is 14.8 Å². The molecule has 0 aliphatic rings. The fourth-order valence-corrected chi connectivity index (χ4v) is 3.95. The van der Waals surface area contributed by atoms with Crippen molar-refractivity contribution in [2.45, 2.75) is 31.7 Å². The lowest BCUT2D eigenvalue weighted by atomic mass is 10.1. The fourth-order valence-electron chi connectivity index (χ4n) is 2.64. The summed E-state index contributed by atoms with van der Waals surface area (Å²) in [5, 5.41) is 4.09. The van der Waals surface area contributed by atoms with E-state index in [4.69, 9.17) is 4.52 Å². The van der Waals surface area contributed by atoms with Gasteiger partial charge >= 0.3 is 0 Å². The molecule has 7 heteroatoms. The van der Waals surface area contributed by atoms with Gasteiger partial charge in [0, 0.05) is 17.2 Å². The first-order chi connectivity index (χ1) is 13.3. The van der Waals surface area contributed by atoms with Gasteiger partial charge in [0.2, 0.25) is 10.0 Å². The zero-order valence-electron chi connectivity index (χ0n) is 15.9. The van der Waals surface area contributed by atoms with Crippen LogP contribution < -0.4 is 4.72 Å². The second kappa shape index (κ2) is 8.08. The maximum atomic E-state index is 12.5. The summed E-state index contributed by atoms with van der Waals surface area (Å²) in [6.07, 6.45) is 0.609. The number of benzene rings is 2. The van der Waals surface area contributed by atoms with Crippen LogP contribution in [0, 0.1) is 12.8 Å². The minimum atomic E-state index is -3.78. The largest absolute Gasteiger partial charge is 0.356 e. The van der Waals surface area contributed by atoms with Gasteiger partial charge in [-0.3, -0.25) is 0 Å². The number of hydrogen-bond donors (Lipinski definition) is 1. The van der Waals surface area contributed by atoms with E-state index in [0.717, 1.165) is 11.1 Å². The topological polar surface area (TPSA) is 89.3 Å². The van der Waals surface area contributed by atoms with Gasteiger partial charge in [-0.15, -0.1) is 0 Å². The molecule has 1 N–H and O–H groups in total. The Labute approximate surface area is 164 Å². The van der Waals surface area contributed by atoms with Crippen LogP contribution in [0.4, 0.5) is 0 Å². The zero-order chi connectivity index (χ0) is 20.3. The predicted molar refractivity (Wildman–Crippen MR) is 107 cm³/mol. The van der Waals surface area contributed by atoms with Gasteiger partial charge in [-0.05, 0) is 37.1 Å². The number of nitrogens with zero attached hydrogens (tertiary/aromatic N) is 1. The number of aryl methyl sites for hydroxylation is 1. The minimum absolute atomic E-state index is 0.0852. The summed E-state index contributed by atoms with van der Waals surface area (Å²) in [6.45, 7) is 5.57. The maximum Gasteiger partial charge on any atom is 0.241 e. The third-order valence-electron chi connectivity index (χ3n) is 4.46. The van der Waals surface area contributed by atoms with Gasteiger partial charge in [0.25, 0.3) is 0 Å². The van der Waals surface area contributed by atoms with Crippen LogP contribution in [0.5, 0.6) is 0 Å². The highest BCUT2D eigenvalue weighted by Crippen LogP contribution is 2.27. The molecule has 0 radical (unpaired) electrons. The molecular weight excluding hydrogens is 376 g/mol. The lowest BCUT2D eigenvalue weighted by Crippen LogP contribution is -2.39. The molecule has 0 fully saturated rings. The fraction of sp³-hybridized carbons (Fsp3) is 0.238. The van der Waals surface area contributed by atoms with Gasteiger partial charge in [0.1, 0.15) is 12.0 Å². The first-order valence-corrected chi connectivity index (χ1v) is 10.4. The molecule has 146 valence electrons. The van der Waals surface area contributed by atoms with Gasteiger partial charge in [-0.25, -0.2) is 13.1 Å². The molecule has 0 bridgehead atoms. The summed E-state index contributed by atoms with van der Waals surface area (Å²) in [5.41, 5.74) is 3.52. The first kappa shape index (κ1) is 20.0. The van der Waals surface area contributed by atoms with Crippen molar-refractivity contribution in [3.8, 4) is 22.6 Å². The smallest absolute Gasteiger partial charge is 0.241 e. The molecule has 6 nitrogen and oxygen atoms in total. The standard InChI is InChI=1S/C21H22N2O4S/c1-14(2)20(13-24)23-28(25,26)18-10-8-17(9-11-18)21-12-19(22-27-21)16-6-4-15(3)5-7-16/h4-14,20,23H,1-3H3/t20-/m0/s1. The monoisotopic (exact) mass is 398 g/mol. The third-order valence-corrected chi connectivity index (χ3v) is 5.94. The summed E-state index contributed by atoms with van der Waals surface area (Å²) in [4.78, 5) is 11.2. The molecule has 2 aromatic carbocycles. The van der Waals surface area contributed by atoms with Crippen LogP contribution in [0.2, 0.25) is 0 Å². The number of rotatable bonds is 7. The number of sulfonamides is 1. The first-order valence-electron chi connectivity index (χ1n) is 8.92. The molecule has 0 aliphatic heterocycles. The molecule has 1 aromatic heterocycles. The summed E-state index contributed by atoms with van der Waals surface area (Å²) in [6, 6.07) is 15.2. The normalized spacial score (nSPS) is 12.9. The minimum Gasteiger partial charge on any atom is -0.356 e. The van der Waals surface area contributed by atoms with Crippen molar-refractivity contribution in [3.05, 3.63) is 60.2 Å². The Bertz CT molecular complexity index is 1050. The van der Waals surface area contributed by atoms with Crippen molar-refractivity contribution in [2.24, 2.45) is 5.92 Å². The van der Waals surface area contributed by atoms with Crippen LogP contribution in [-0.4, -0.2) is 25.9 Å². The second-order valence-electron chi connectivity index (χ2n) is 6.99. The number of aromatic nitrogens is 1.